The highest BCUT2D eigenvalue weighted by Gasteiger charge is 2.27. The Kier molecular flexibility index (Phi) is 4.46. The molecular formula is C17H22Cl2N2. The van der Waals surface area contributed by atoms with Gasteiger partial charge in [-0.3, -0.25) is 0 Å². The summed E-state index contributed by atoms with van der Waals surface area (Å²) in [5, 5.41) is 0.658. The van der Waals surface area contributed by atoms with E-state index >= 15 is 0 Å². The fourth-order valence-corrected chi connectivity index (χ4v) is 4.06. The molecule has 1 aromatic carbocycles. The maximum atomic E-state index is 6.46. The summed E-state index contributed by atoms with van der Waals surface area (Å²) in [7, 11) is 0. The van der Waals surface area contributed by atoms with Gasteiger partial charge >= 0.3 is 0 Å². The molecule has 0 saturated heterocycles. The molecule has 2 unspecified atom stereocenters. The number of nitrogens with zero attached hydrogens (tertiary/aromatic N) is 2. The number of hydrogen-bond donors (Lipinski definition) is 0. The molecule has 0 amide bonds. The van der Waals surface area contributed by atoms with Gasteiger partial charge in [-0.05, 0) is 44.7 Å². The number of imidazole rings is 1. The van der Waals surface area contributed by atoms with Crippen LogP contribution in [0.15, 0.2) is 18.2 Å². The van der Waals surface area contributed by atoms with Crippen LogP contribution in [0, 0.1) is 5.92 Å². The van der Waals surface area contributed by atoms with E-state index in [-0.39, 0.29) is 5.38 Å². The first-order valence-electron chi connectivity index (χ1n) is 7.90. The molecule has 0 aliphatic heterocycles. The van der Waals surface area contributed by atoms with Gasteiger partial charge in [-0.2, -0.15) is 0 Å². The number of hydrogen-bond acceptors (Lipinski definition) is 1. The number of benzene rings is 1. The molecule has 114 valence electrons. The minimum Gasteiger partial charge on any atom is -0.322 e. The molecule has 1 aromatic heterocycles. The summed E-state index contributed by atoms with van der Waals surface area (Å²) in [5.74, 6) is 1.64. The third-order valence-electron chi connectivity index (χ3n) is 4.78. The monoisotopic (exact) mass is 324 g/mol. The molecule has 0 bridgehead atoms. The number of halogens is 2. The first kappa shape index (κ1) is 15.2. The van der Waals surface area contributed by atoms with Crippen molar-refractivity contribution in [2.24, 2.45) is 5.92 Å². The molecule has 3 rings (SSSR count). The third-order valence-corrected chi connectivity index (χ3v) is 5.28. The predicted molar refractivity (Wildman–Crippen MR) is 90.3 cm³/mol. The molecule has 0 radical (unpaired) electrons. The zero-order valence-corrected chi connectivity index (χ0v) is 14.2. The van der Waals surface area contributed by atoms with Crippen LogP contribution in [0.1, 0.15) is 63.2 Å². The molecule has 4 heteroatoms. The molecule has 1 heterocycles. The van der Waals surface area contributed by atoms with Crippen molar-refractivity contribution in [3.05, 3.63) is 29.0 Å². The summed E-state index contributed by atoms with van der Waals surface area (Å²) in [5.41, 5.74) is 1.99. The quantitative estimate of drug-likeness (QED) is 0.621. The lowest BCUT2D eigenvalue weighted by Crippen LogP contribution is -2.21. The highest BCUT2D eigenvalue weighted by Crippen LogP contribution is 2.38. The van der Waals surface area contributed by atoms with Crippen LogP contribution in [0.3, 0.4) is 0 Å². The molecule has 0 N–H and O–H groups in total. The molecule has 1 aliphatic carbocycles. The van der Waals surface area contributed by atoms with Gasteiger partial charge in [0.1, 0.15) is 5.82 Å². The van der Waals surface area contributed by atoms with E-state index in [2.05, 4.69) is 11.5 Å². The van der Waals surface area contributed by atoms with Crippen LogP contribution in [-0.2, 0) is 0 Å². The molecule has 21 heavy (non-hydrogen) atoms. The Morgan fingerprint density at radius 1 is 1.19 bits per heavy atom. The molecule has 2 nitrogen and oxygen atoms in total. The van der Waals surface area contributed by atoms with Crippen LogP contribution in [0.5, 0.6) is 0 Å². The molecule has 0 spiro atoms. The van der Waals surface area contributed by atoms with Gasteiger partial charge in [-0.1, -0.05) is 36.9 Å². The van der Waals surface area contributed by atoms with Crippen LogP contribution in [0.2, 0.25) is 5.02 Å². The highest BCUT2D eigenvalue weighted by atomic mass is 35.5. The minimum atomic E-state index is -0.112. The number of aromatic nitrogens is 2. The van der Waals surface area contributed by atoms with E-state index in [9.17, 15) is 0 Å². The molecule has 1 fully saturated rings. The molecule has 1 aliphatic rings. The van der Waals surface area contributed by atoms with Crippen molar-refractivity contribution in [3.63, 3.8) is 0 Å². The van der Waals surface area contributed by atoms with Crippen molar-refractivity contribution in [1.82, 2.24) is 9.55 Å². The van der Waals surface area contributed by atoms with Crippen LogP contribution >= 0.6 is 23.2 Å². The Morgan fingerprint density at radius 3 is 2.57 bits per heavy atom. The number of para-hydroxylation sites is 1. The van der Waals surface area contributed by atoms with Crippen molar-refractivity contribution in [1.29, 1.82) is 0 Å². The van der Waals surface area contributed by atoms with E-state index < -0.39 is 0 Å². The maximum Gasteiger partial charge on any atom is 0.128 e. The average Bonchev–Trinajstić information content (AvgIpc) is 2.88. The van der Waals surface area contributed by atoms with Crippen molar-refractivity contribution in [2.75, 3.05) is 0 Å². The Hall–Kier alpha value is -0.730. The SMILES string of the molecule is CC(Cl)c1nc2cccc(Cl)c2n1C(C)C1CCCCC1. The van der Waals surface area contributed by atoms with Gasteiger partial charge < -0.3 is 4.57 Å². The van der Waals surface area contributed by atoms with E-state index in [0.717, 1.165) is 21.9 Å². The fourth-order valence-electron chi connectivity index (χ4n) is 3.64. The summed E-state index contributed by atoms with van der Waals surface area (Å²) in [6.45, 7) is 4.28. The van der Waals surface area contributed by atoms with Gasteiger partial charge in [-0.15, -0.1) is 11.6 Å². The minimum absolute atomic E-state index is 0.112. The van der Waals surface area contributed by atoms with Crippen LogP contribution < -0.4 is 0 Å². The van der Waals surface area contributed by atoms with Crippen molar-refractivity contribution in [3.8, 4) is 0 Å². The Bertz CT molecular complexity index is 627. The lowest BCUT2D eigenvalue weighted by molar-refractivity contribution is 0.264. The molecule has 2 atom stereocenters. The predicted octanol–water partition coefficient (Wildman–Crippen LogP) is 6.13. The summed E-state index contributed by atoms with van der Waals surface area (Å²) >= 11 is 12.8. The lowest BCUT2D eigenvalue weighted by Gasteiger charge is -2.30. The first-order chi connectivity index (χ1) is 10.1. The van der Waals surface area contributed by atoms with E-state index in [0.29, 0.717) is 12.0 Å². The van der Waals surface area contributed by atoms with Gasteiger partial charge in [-0.25, -0.2) is 4.98 Å². The van der Waals surface area contributed by atoms with Gasteiger partial charge in [0.05, 0.1) is 21.4 Å². The molecular weight excluding hydrogens is 303 g/mol. The summed E-state index contributed by atoms with van der Waals surface area (Å²) in [4.78, 5) is 4.74. The third kappa shape index (κ3) is 2.80. The van der Waals surface area contributed by atoms with Crippen LogP contribution in [0.4, 0.5) is 0 Å². The van der Waals surface area contributed by atoms with Crippen LogP contribution in [0.25, 0.3) is 11.0 Å². The zero-order chi connectivity index (χ0) is 15.0. The topological polar surface area (TPSA) is 17.8 Å². The second-order valence-electron chi connectivity index (χ2n) is 6.20. The van der Waals surface area contributed by atoms with Gasteiger partial charge in [0.2, 0.25) is 0 Å². The van der Waals surface area contributed by atoms with Crippen molar-refractivity contribution in [2.45, 2.75) is 57.4 Å². The summed E-state index contributed by atoms with van der Waals surface area (Å²) in [6.07, 6.45) is 6.62. The summed E-state index contributed by atoms with van der Waals surface area (Å²) in [6, 6.07) is 6.31. The van der Waals surface area contributed by atoms with Gasteiger partial charge in [0.25, 0.3) is 0 Å². The largest absolute Gasteiger partial charge is 0.322 e. The Balaban J connectivity index is 2.12. The summed E-state index contributed by atoms with van der Waals surface area (Å²) < 4.78 is 2.30. The molecule has 1 saturated carbocycles. The van der Waals surface area contributed by atoms with Gasteiger partial charge in [0.15, 0.2) is 0 Å². The molecule has 2 aromatic rings. The number of rotatable bonds is 3. The maximum absolute atomic E-state index is 6.46. The van der Waals surface area contributed by atoms with E-state index in [4.69, 9.17) is 28.2 Å². The smallest absolute Gasteiger partial charge is 0.128 e. The second kappa shape index (κ2) is 6.18. The fraction of sp³-hybridized carbons (Fsp3) is 0.588. The first-order valence-corrected chi connectivity index (χ1v) is 8.71. The normalized spacial score (nSPS) is 19.8. The highest BCUT2D eigenvalue weighted by molar-refractivity contribution is 6.35. The standard InChI is InChI=1S/C17H22Cl2N2/c1-11(18)17-20-15-10-6-9-14(19)16(15)21(17)12(2)13-7-4-3-5-8-13/h6,9-13H,3-5,7-8H2,1-2H3. The number of fused-ring (bicyclic) bond motifs is 1. The number of alkyl halides is 1. The van der Waals surface area contributed by atoms with Crippen LogP contribution in [-0.4, -0.2) is 9.55 Å². The Labute approximate surface area is 136 Å². The average molecular weight is 325 g/mol. The zero-order valence-electron chi connectivity index (χ0n) is 12.6. The van der Waals surface area contributed by atoms with Crippen molar-refractivity contribution < 1.29 is 0 Å². The van der Waals surface area contributed by atoms with E-state index in [1.807, 2.05) is 25.1 Å². The second-order valence-corrected chi connectivity index (χ2v) is 7.26. The van der Waals surface area contributed by atoms with E-state index in [1.165, 1.54) is 32.1 Å². The van der Waals surface area contributed by atoms with E-state index in [1.54, 1.807) is 0 Å². The van der Waals surface area contributed by atoms with Crippen molar-refractivity contribution >= 4 is 34.2 Å². The van der Waals surface area contributed by atoms with Gasteiger partial charge in [0, 0.05) is 6.04 Å². The lowest BCUT2D eigenvalue weighted by atomic mass is 9.84. The Morgan fingerprint density at radius 2 is 1.90 bits per heavy atom.